The Bertz CT molecular complexity index is 633. The summed E-state index contributed by atoms with van der Waals surface area (Å²) in [5.41, 5.74) is 1.92. The molecule has 3 N–H and O–H groups in total. The van der Waals surface area contributed by atoms with E-state index in [2.05, 4.69) is 0 Å². The Labute approximate surface area is 147 Å². The van der Waals surface area contributed by atoms with Crippen LogP contribution in [0.3, 0.4) is 0 Å². The average Bonchev–Trinajstić information content (AvgIpc) is 2.65. The number of hydrogen-bond acceptors (Lipinski definition) is 5. The van der Waals surface area contributed by atoms with Crippen LogP contribution in [0.5, 0.6) is 0 Å². The summed E-state index contributed by atoms with van der Waals surface area (Å²) in [6, 6.07) is 19.1. The van der Waals surface area contributed by atoms with Crippen molar-refractivity contribution in [1.29, 1.82) is 0 Å². The molecule has 0 heterocycles. The maximum atomic E-state index is 10.3. The number of benzene rings is 2. The third kappa shape index (κ3) is 4.66. The maximum Gasteiger partial charge on any atom is 0.112 e. The highest BCUT2D eigenvalue weighted by molar-refractivity contribution is 5.14. The molecule has 1 saturated carbocycles. The molecule has 0 amide bonds. The van der Waals surface area contributed by atoms with Crippen LogP contribution < -0.4 is 0 Å². The highest BCUT2D eigenvalue weighted by atomic mass is 16.5. The molecule has 0 unspecified atom stereocenters. The van der Waals surface area contributed by atoms with Crippen molar-refractivity contribution >= 4 is 0 Å². The highest BCUT2D eigenvalue weighted by Crippen LogP contribution is 2.27. The summed E-state index contributed by atoms with van der Waals surface area (Å²) in [6.45, 7) is 0.583. The van der Waals surface area contributed by atoms with Gasteiger partial charge in [-0.25, -0.2) is 0 Å². The molecule has 25 heavy (non-hydrogen) atoms. The van der Waals surface area contributed by atoms with Crippen LogP contribution in [-0.2, 0) is 22.7 Å². The number of hydrogen-bond donors (Lipinski definition) is 3. The minimum atomic E-state index is -1.20. The minimum Gasteiger partial charge on any atom is -0.390 e. The van der Waals surface area contributed by atoms with Crippen molar-refractivity contribution in [2.45, 2.75) is 50.2 Å². The molecule has 0 aromatic heterocycles. The summed E-state index contributed by atoms with van der Waals surface area (Å²) in [5, 5.41) is 31.0. The van der Waals surface area contributed by atoms with Gasteiger partial charge >= 0.3 is 0 Å². The fourth-order valence-corrected chi connectivity index (χ4v) is 3.07. The normalized spacial score (nSPS) is 29.5. The zero-order valence-electron chi connectivity index (χ0n) is 13.9. The van der Waals surface area contributed by atoms with Crippen molar-refractivity contribution in [3.8, 4) is 0 Å². The van der Waals surface area contributed by atoms with Gasteiger partial charge in [-0.2, -0.15) is 0 Å². The van der Waals surface area contributed by atoms with E-state index in [0.717, 1.165) is 11.1 Å². The summed E-state index contributed by atoms with van der Waals surface area (Å²) in [5.74, 6) is 0. The molecule has 1 aliphatic rings. The van der Waals surface area contributed by atoms with Crippen LogP contribution in [0, 0.1) is 0 Å². The first kappa shape index (κ1) is 18.0. The van der Waals surface area contributed by atoms with Crippen molar-refractivity contribution in [3.05, 3.63) is 71.8 Å². The van der Waals surface area contributed by atoms with Gasteiger partial charge in [-0.3, -0.25) is 0 Å². The summed E-state index contributed by atoms with van der Waals surface area (Å²) in [7, 11) is 0. The topological polar surface area (TPSA) is 79.2 Å². The van der Waals surface area contributed by atoms with Gasteiger partial charge in [0.2, 0.25) is 0 Å². The monoisotopic (exact) mass is 344 g/mol. The molecule has 5 nitrogen and oxygen atoms in total. The molecule has 2 aromatic carbocycles. The quantitative estimate of drug-likeness (QED) is 0.742. The first-order chi connectivity index (χ1) is 12.1. The van der Waals surface area contributed by atoms with Gasteiger partial charge in [0, 0.05) is 6.42 Å². The lowest BCUT2D eigenvalue weighted by Gasteiger charge is -2.40. The molecule has 3 rings (SSSR count). The number of aliphatic hydroxyl groups is 3. The molecule has 1 fully saturated rings. The van der Waals surface area contributed by atoms with Crippen molar-refractivity contribution in [2.24, 2.45) is 0 Å². The van der Waals surface area contributed by atoms with Crippen LogP contribution in [0.15, 0.2) is 60.7 Å². The number of rotatable bonds is 6. The van der Waals surface area contributed by atoms with E-state index in [1.54, 1.807) is 0 Å². The molecular formula is C20H24O5. The summed E-state index contributed by atoms with van der Waals surface area (Å²) >= 11 is 0. The van der Waals surface area contributed by atoms with E-state index in [1.807, 2.05) is 60.7 Å². The Balaban J connectivity index is 1.55. The van der Waals surface area contributed by atoms with Gasteiger partial charge in [0.25, 0.3) is 0 Å². The molecule has 0 saturated heterocycles. The standard InChI is InChI=1S/C20H24O5/c21-16-11-17(24-12-14-7-3-1-4-8-14)18(22)19(23)20(16)25-13-15-9-5-2-6-10-15/h1-10,16-23H,11-13H2/t16-,17-,18-,19+,20+/m1/s1. The van der Waals surface area contributed by atoms with Gasteiger partial charge in [0.1, 0.15) is 18.3 Å². The second-order valence-electron chi connectivity index (χ2n) is 6.38. The van der Waals surface area contributed by atoms with Crippen molar-refractivity contribution in [2.75, 3.05) is 0 Å². The van der Waals surface area contributed by atoms with Gasteiger partial charge < -0.3 is 24.8 Å². The lowest BCUT2D eigenvalue weighted by Crippen LogP contribution is -2.57. The Morgan fingerprint density at radius 1 is 0.720 bits per heavy atom. The molecular weight excluding hydrogens is 320 g/mol. The number of aliphatic hydroxyl groups excluding tert-OH is 3. The second kappa shape index (κ2) is 8.56. The lowest BCUT2D eigenvalue weighted by atomic mass is 9.87. The molecule has 0 bridgehead atoms. The summed E-state index contributed by atoms with van der Waals surface area (Å²) in [4.78, 5) is 0. The van der Waals surface area contributed by atoms with E-state index in [4.69, 9.17) is 9.47 Å². The van der Waals surface area contributed by atoms with Gasteiger partial charge in [-0.1, -0.05) is 60.7 Å². The predicted molar refractivity (Wildman–Crippen MR) is 92.7 cm³/mol. The summed E-state index contributed by atoms with van der Waals surface area (Å²) < 4.78 is 11.4. The SMILES string of the molecule is O[C@H]1[C@H](O)[C@H](OCc2ccccc2)C[C@@H](O)[C@@H]1OCc1ccccc1. The van der Waals surface area contributed by atoms with Gasteiger partial charge in [-0.05, 0) is 11.1 Å². The molecule has 5 heteroatoms. The smallest absolute Gasteiger partial charge is 0.112 e. The second-order valence-corrected chi connectivity index (χ2v) is 6.38. The van der Waals surface area contributed by atoms with E-state index in [-0.39, 0.29) is 13.0 Å². The Kier molecular flexibility index (Phi) is 6.18. The largest absolute Gasteiger partial charge is 0.390 e. The van der Waals surface area contributed by atoms with E-state index < -0.39 is 30.5 Å². The zero-order chi connectivity index (χ0) is 17.6. The zero-order valence-corrected chi connectivity index (χ0v) is 13.9. The van der Waals surface area contributed by atoms with Crippen LogP contribution in [0.25, 0.3) is 0 Å². The molecule has 0 spiro atoms. The molecule has 2 aromatic rings. The Morgan fingerprint density at radius 3 is 1.80 bits per heavy atom. The van der Waals surface area contributed by atoms with Crippen molar-refractivity contribution in [3.63, 3.8) is 0 Å². The first-order valence-electron chi connectivity index (χ1n) is 8.50. The fraction of sp³-hybridized carbons (Fsp3) is 0.400. The third-order valence-electron chi connectivity index (χ3n) is 4.51. The van der Waals surface area contributed by atoms with E-state index in [0.29, 0.717) is 6.61 Å². The molecule has 5 atom stereocenters. The highest BCUT2D eigenvalue weighted by Gasteiger charge is 2.44. The van der Waals surface area contributed by atoms with Gasteiger partial charge in [0.15, 0.2) is 0 Å². The average molecular weight is 344 g/mol. The van der Waals surface area contributed by atoms with Gasteiger partial charge in [0.05, 0.1) is 25.4 Å². The molecule has 0 radical (unpaired) electrons. The van der Waals surface area contributed by atoms with Crippen LogP contribution >= 0.6 is 0 Å². The third-order valence-corrected chi connectivity index (χ3v) is 4.51. The van der Waals surface area contributed by atoms with E-state index in [1.165, 1.54) is 0 Å². The first-order valence-corrected chi connectivity index (χ1v) is 8.50. The Morgan fingerprint density at radius 2 is 1.24 bits per heavy atom. The minimum absolute atomic E-state index is 0.213. The van der Waals surface area contributed by atoms with Crippen LogP contribution in [0.1, 0.15) is 17.5 Å². The molecule has 1 aliphatic carbocycles. The maximum absolute atomic E-state index is 10.3. The summed E-state index contributed by atoms with van der Waals surface area (Å²) in [6.07, 6.45) is -4.47. The molecule has 134 valence electrons. The van der Waals surface area contributed by atoms with E-state index >= 15 is 0 Å². The Hall–Kier alpha value is -1.76. The van der Waals surface area contributed by atoms with Crippen LogP contribution in [0.4, 0.5) is 0 Å². The van der Waals surface area contributed by atoms with Crippen LogP contribution in [0.2, 0.25) is 0 Å². The predicted octanol–water partition coefficient (Wildman–Crippen LogP) is 1.64. The van der Waals surface area contributed by atoms with Crippen molar-refractivity contribution in [1.82, 2.24) is 0 Å². The van der Waals surface area contributed by atoms with E-state index in [9.17, 15) is 15.3 Å². The lowest BCUT2D eigenvalue weighted by molar-refractivity contribution is -0.209. The fourth-order valence-electron chi connectivity index (χ4n) is 3.07. The van der Waals surface area contributed by atoms with Crippen LogP contribution in [-0.4, -0.2) is 45.8 Å². The number of ether oxygens (including phenoxy) is 2. The molecule has 0 aliphatic heterocycles. The van der Waals surface area contributed by atoms with Gasteiger partial charge in [-0.15, -0.1) is 0 Å². The van der Waals surface area contributed by atoms with Crippen molar-refractivity contribution < 1.29 is 24.8 Å².